The molecule has 31 nitrogen and oxygen atoms in total. The third-order valence-corrected chi connectivity index (χ3v) is 17.6. The Balaban J connectivity index is 1.60. The van der Waals surface area contributed by atoms with Crippen LogP contribution in [0.15, 0.2) is 65.7 Å². The van der Waals surface area contributed by atoms with Crippen LogP contribution in [0, 0.1) is 5.92 Å². The smallest absolute Gasteiger partial charge is 0.328 e. The molecule has 542 valence electrons. The van der Waals surface area contributed by atoms with Gasteiger partial charge in [0.15, 0.2) is 5.96 Å². The van der Waals surface area contributed by atoms with Gasteiger partial charge in [-0.2, -0.15) is 11.8 Å². The zero-order valence-corrected chi connectivity index (χ0v) is 58.0. The Labute approximate surface area is 577 Å². The molecule has 0 saturated carbocycles. The summed E-state index contributed by atoms with van der Waals surface area (Å²) in [6.07, 6.45) is 3.21. The van der Waals surface area contributed by atoms with Gasteiger partial charge in [-0.3, -0.25) is 62.5 Å². The molecule has 0 spiro atoms. The van der Waals surface area contributed by atoms with Gasteiger partial charge in [-0.15, -0.1) is 0 Å². The van der Waals surface area contributed by atoms with E-state index in [9.17, 15) is 62.3 Å². The number of hydrogen-bond donors (Lipinski definition) is 12. The molecule has 2 heterocycles. The summed E-state index contributed by atoms with van der Waals surface area (Å²) in [6, 6.07) is 4.73. The van der Waals surface area contributed by atoms with Crippen LogP contribution in [0.5, 0.6) is 0 Å². The standard InChI is InChI=1S/C66H103N17O14S/c1-40(2)36-52(61(92)77-47(30-35-98-6)65(96)97-5)81(4)55(86)39-80(3)63(94)49(38-42-20-11-8-12-21-42)79-58(89)48(37-41-18-9-7-10-19-41)78-57(88)44(26-28-53(69)84)74-56(87)45(27-29-54(70)85)75-59(90)51-25-17-34-83(51)64(95)46(23-13-14-31-67)76-60(91)50-24-16-33-82(50)62(93)43(68)22-15-32-73-66(71)72/h7-12,18-21,40,43-52H,13-17,22-39,67-68H2,1-6H3,(H2,69,84)(H2,70,85)(H,74,87)(H,75,90)(H,76,91)(H,77,92)(H,78,88)(H,79,89)(H4,71,72,73)/t43-,44-,45-,46-,47+,48+,49-,50-,51-,52-/m0/s1. The Morgan fingerprint density at radius 1 is 0.602 bits per heavy atom. The molecule has 0 aliphatic carbocycles. The summed E-state index contributed by atoms with van der Waals surface area (Å²) < 4.78 is 4.93. The van der Waals surface area contributed by atoms with Gasteiger partial charge in [-0.1, -0.05) is 74.5 Å². The van der Waals surface area contributed by atoms with Crippen LogP contribution >= 0.6 is 11.8 Å². The Hall–Kier alpha value is -8.91. The second kappa shape index (κ2) is 42.0. The number of aliphatic imine (C=N–C) groups is 1. The van der Waals surface area contributed by atoms with Crippen LogP contribution < -0.4 is 66.3 Å². The van der Waals surface area contributed by atoms with E-state index >= 15 is 0 Å². The predicted molar refractivity (Wildman–Crippen MR) is 368 cm³/mol. The third kappa shape index (κ3) is 26.8. The van der Waals surface area contributed by atoms with Crippen molar-refractivity contribution in [1.82, 2.24) is 51.5 Å². The first-order valence-corrected chi connectivity index (χ1v) is 34.7. The number of methoxy groups -OCH3 is 1. The molecule has 0 bridgehead atoms. The lowest BCUT2D eigenvalue weighted by atomic mass is 10.0. The van der Waals surface area contributed by atoms with Crippen molar-refractivity contribution in [3.05, 3.63) is 71.8 Å². The normalized spacial score (nSPS) is 16.7. The fourth-order valence-electron chi connectivity index (χ4n) is 11.6. The minimum Gasteiger partial charge on any atom is -0.467 e. The van der Waals surface area contributed by atoms with E-state index in [1.807, 2.05) is 20.1 Å². The number of guanidine groups is 1. The number of likely N-dealkylation sites (N-methyl/N-ethyl adjacent to an activating group) is 2. The van der Waals surface area contributed by atoms with Gasteiger partial charge in [-0.25, -0.2) is 4.79 Å². The number of nitrogens with two attached hydrogens (primary N) is 6. The third-order valence-electron chi connectivity index (χ3n) is 17.0. The molecule has 18 N–H and O–H groups in total. The first-order chi connectivity index (χ1) is 46.6. The van der Waals surface area contributed by atoms with Crippen LogP contribution in [0.25, 0.3) is 0 Å². The van der Waals surface area contributed by atoms with Gasteiger partial charge in [0.25, 0.3) is 0 Å². The molecule has 2 aliphatic heterocycles. The number of hydrogen-bond acceptors (Lipinski definition) is 18. The lowest BCUT2D eigenvalue weighted by molar-refractivity contribution is -0.148. The molecular formula is C66H103N17O14S. The average Bonchev–Trinajstić information content (AvgIpc) is 1.57. The van der Waals surface area contributed by atoms with Crippen LogP contribution in [0.1, 0.15) is 121 Å². The summed E-state index contributed by atoms with van der Waals surface area (Å²) in [5.41, 5.74) is 35.2. The Kier molecular flexibility index (Phi) is 35.0. The van der Waals surface area contributed by atoms with E-state index in [4.69, 9.17) is 39.1 Å². The number of unbranched alkanes of at least 4 members (excludes halogenated alkanes) is 1. The SMILES string of the molecule is COC(=O)[C@@H](CCSC)NC(=O)[C@H](CC(C)C)N(C)C(=O)CN(C)C(=O)[C@H](Cc1ccccc1)NC(=O)[C@@H](Cc1ccccc1)NC(=O)[C@H](CCC(N)=O)NC(=O)[C@H](CCC(N)=O)NC(=O)[C@@H]1CCCN1C(=O)[C@H](CCCCN)NC(=O)[C@@H]1CCCN1C(=O)[C@@H](N)CCCN=C(N)N. The summed E-state index contributed by atoms with van der Waals surface area (Å²) in [6.45, 7) is 4.03. The van der Waals surface area contributed by atoms with Crippen LogP contribution in [-0.2, 0) is 79.9 Å². The van der Waals surface area contributed by atoms with Gasteiger partial charge in [0.2, 0.25) is 70.9 Å². The van der Waals surface area contributed by atoms with E-state index in [1.54, 1.807) is 60.7 Å². The summed E-state index contributed by atoms with van der Waals surface area (Å²) in [5, 5.41) is 16.2. The molecule has 4 rings (SSSR count). The van der Waals surface area contributed by atoms with Crippen LogP contribution in [0.2, 0.25) is 0 Å². The summed E-state index contributed by atoms with van der Waals surface area (Å²) >= 11 is 1.47. The zero-order valence-electron chi connectivity index (χ0n) is 57.2. The maximum Gasteiger partial charge on any atom is 0.328 e. The molecule has 2 aromatic carbocycles. The molecule has 2 saturated heterocycles. The quantitative estimate of drug-likeness (QED) is 0.0143. The number of likely N-dealkylation sites (tertiary alicyclic amines) is 2. The van der Waals surface area contributed by atoms with Gasteiger partial charge >= 0.3 is 5.97 Å². The topological polar surface area (TPSA) is 485 Å². The largest absolute Gasteiger partial charge is 0.467 e. The van der Waals surface area contributed by atoms with Gasteiger partial charge in [0, 0.05) is 59.4 Å². The Morgan fingerprint density at radius 3 is 1.60 bits per heavy atom. The fraction of sp³-hybridized carbons (Fsp3) is 0.606. The van der Waals surface area contributed by atoms with Crippen LogP contribution in [-0.4, -0.2) is 229 Å². The fourth-order valence-corrected chi connectivity index (χ4v) is 12.1. The molecule has 12 amide bonds. The van der Waals surface area contributed by atoms with Gasteiger partial charge in [0.05, 0.1) is 19.7 Å². The van der Waals surface area contributed by atoms with Gasteiger partial charge in [-0.05, 0) is 119 Å². The summed E-state index contributed by atoms with van der Waals surface area (Å²) in [7, 11) is 3.98. The molecule has 2 fully saturated rings. The molecule has 32 heteroatoms. The van der Waals surface area contributed by atoms with Crippen molar-refractivity contribution in [1.29, 1.82) is 0 Å². The van der Waals surface area contributed by atoms with Gasteiger partial charge in [0.1, 0.15) is 54.4 Å². The summed E-state index contributed by atoms with van der Waals surface area (Å²) in [4.78, 5) is 190. The van der Waals surface area contributed by atoms with Crippen molar-refractivity contribution in [2.75, 3.05) is 65.9 Å². The van der Waals surface area contributed by atoms with Crippen molar-refractivity contribution in [3.8, 4) is 0 Å². The van der Waals surface area contributed by atoms with Gasteiger partial charge < -0.3 is 90.6 Å². The average molecular weight is 1390 g/mol. The molecule has 0 aromatic heterocycles. The lowest BCUT2D eigenvalue weighted by Crippen LogP contribution is -2.60. The summed E-state index contributed by atoms with van der Waals surface area (Å²) in [5.74, 6) is -9.38. The van der Waals surface area contributed by atoms with E-state index in [1.165, 1.54) is 47.7 Å². The Morgan fingerprint density at radius 2 is 1.09 bits per heavy atom. The highest BCUT2D eigenvalue weighted by atomic mass is 32.2. The highest BCUT2D eigenvalue weighted by Gasteiger charge is 2.43. The molecule has 2 aromatic rings. The second-order valence-electron chi connectivity index (χ2n) is 25.1. The van der Waals surface area contributed by atoms with Crippen LogP contribution in [0.3, 0.4) is 0 Å². The number of primary amides is 2. The molecule has 0 unspecified atom stereocenters. The number of rotatable bonds is 42. The minimum atomic E-state index is -1.64. The molecule has 98 heavy (non-hydrogen) atoms. The second-order valence-corrected chi connectivity index (χ2v) is 26.1. The number of ether oxygens (including phenoxy) is 1. The number of esters is 1. The van der Waals surface area contributed by atoms with E-state index in [0.717, 1.165) is 4.90 Å². The number of benzene rings is 2. The number of nitrogens with one attached hydrogen (secondary N) is 6. The number of carbonyl (C=O) groups excluding carboxylic acids is 13. The van der Waals surface area contributed by atoms with E-state index in [0.29, 0.717) is 55.4 Å². The highest BCUT2D eigenvalue weighted by Crippen LogP contribution is 2.24. The van der Waals surface area contributed by atoms with Crippen molar-refractivity contribution in [2.24, 2.45) is 45.3 Å². The maximum atomic E-state index is 14.9. The zero-order chi connectivity index (χ0) is 72.6. The number of amides is 12. The van der Waals surface area contributed by atoms with Crippen molar-refractivity contribution in [3.63, 3.8) is 0 Å². The molecule has 10 atom stereocenters. The molecule has 0 radical (unpaired) electrons. The minimum absolute atomic E-state index is 0.0740. The van der Waals surface area contributed by atoms with Crippen molar-refractivity contribution < 1.29 is 67.1 Å². The van der Waals surface area contributed by atoms with Crippen LogP contribution in [0.4, 0.5) is 0 Å². The lowest BCUT2D eigenvalue weighted by Gasteiger charge is -2.32. The van der Waals surface area contributed by atoms with Crippen molar-refractivity contribution in [2.45, 2.75) is 183 Å². The maximum absolute atomic E-state index is 14.9. The first-order valence-electron chi connectivity index (χ1n) is 33.3. The van der Waals surface area contributed by atoms with Crippen molar-refractivity contribution >= 4 is 94.6 Å². The number of nitrogens with zero attached hydrogens (tertiary/aromatic N) is 5. The molecule has 2 aliphatic rings. The van der Waals surface area contributed by atoms with E-state index in [2.05, 4.69) is 36.9 Å². The van der Waals surface area contributed by atoms with E-state index < -0.39 is 170 Å². The predicted octanol–water partition coefficient (Wildman–Crippen LogP) is -2.34. The monoisotopic (exact) mass is 1390 g/mol. The number of carbonyl (C=O) groups is 13. The number of thioether (sulfide) groups is 1. The first kappa shape index (κ1) is 81.5. The molecular weight excluding hydrogens is 1290 g/mol. The van der Waals surface area contributed by atoms with E-state index in [-0.39, 0.29) is 83.0 Å². The Bertz CT molecular complexity index is 3050. The highest BCUT2D eigenvalue weighted by molar-refractivity contribution is 7.98.